The molecule has 1 saturated heterocycles. The zero-order valence-electron chi connectivity index (χ0n) is 18.8. The minimum absolute atomic E-state index is 0.0284. The van der Waals surface area contributed by atoms with Gasteiger partial charge in [0.05, 0.1) is 7.11 Å². The van der Waals surface area contributed by atoms with Crippen molar-refractivity contribution >= 4 is 28.4 Å². The molecule has 4 heterocycles. The van der Waals surface area contributed by atoms with Gasteiger partial charge in [-0.2, -0.15) is 0 Å². The average molecular weight is 442 g/mol. The highest BCUT2D eigenvalue weighted by Gasteiger charge is 2.26. The number of aromatic amines is 1. The Balaban J connectivity index is 1.26. The third-order valence-corrected chi connectivity index (χ3v) is 6.30. The van der Waals surface area contributed by atoms with E-state index in [0.29, 0.717) is 24.7 Å². The summed E-state index contributed by atoms with van der Waals surface area (Å²) < 4.78 is 5.42. The maximum absolute atomic E-state index is 13.1. The molecule has 0 atom stereocenters. The van der Waals surface area contributed by atoms with E-state index in [2.05, 4.69) is 21.4 Å². The maximum Gasteiger partial charge on any atom is 0.270 e. The number of methoxy groups -OCH3 is 1. The van der Waals surface area contributed by atoms with Gasteiger partial charge < -0.3 is 19.9 Å². The molecule has 0 unspecified atom stereocenters. The van der Waals surface area contributed by atoms with E-state index < -0.39 is 0 Å². The Morgan fingerprint density at radius 3 is 2.73 bits per heavy atom. The van der Waals surface area contributed by atoms with Gasteiger partial charge >= 0.3 is 0 Å². The number of fused-ring (bicyclic) bond motifs is 1. The monoisotopic (exact) mass is 441 g/mol. The smallest absolute Gasteiger partial charge is 0.270 e. The van der Waals surface area contributed by atoms with Crippen molar-refractivity contribution in [3.05, 3.63) is 77.7 Å². The summed E-state index contributed by atoms with van der Waals surface area (Å²) in [6.07, 6.45) is 3.54. The Morgan fingerprint density at radius 2 is 1.94 bits per heavy atom. The standard InChI is InChI=1S/C26H27N5O2/c1-17-6-5-13-27-25(17)30-24-10-4-7-20(29-24)18-11-14-31(15-12-18)26(32)22-16-19-21(28-22)8-3-9-23(19)33-2/h3-10,13,16,18,28H,11-12,14-15H2,1-2H3,(H,27,29,30). The summed E-state index contributed by atoms with van der Waals surface area (Å²) in [6, 6.07) is 17.7. The van der Waals surface area contributed by atoms with Gasteiger partial charge in [0.1, 0.15) is 23.1 Å². The van der Waals surface area contributed by atoms with Crippen LogP contribution in [0.5, 0.6) is 5.75 Å². The highest BCUT2D eigenvalue weighted by atomic mass is 16.5. The van der Waals surface area contributed by atoms with Gasteiger partial charge in [0, 0.05) is 41.8 Å². The van der Waals surface area contributed by atoms with E-state index in [1.54, 1.807) is 13.3 Å². The lowest BCUT2D eigenvalue weighted by Gasteiger charge is -2.31. The molecule has 1 aliphatic heterocycles. The second kappa shape index (κ2) is 8.94. The number of carbonyl (C=O) groups is 1. The van der Waals surface area contributed by atoms with Crippen molar-refractivity contribution in [2.75, 3.05) is 25.5 Å². The summed E-state index contributed by atoms with van der Waals surface area (Å²) in [7, 11) is 1.64. The molecule has 3 aromatic heterocycles. The Kier molecular flexibility index (Phi) is 5.69. The lowest BCUT2D eigenvalue weighted by Crippen LogP contribution is -2.38. The molecular formula is C26H27N5O2. The van der Waals surface area contributed by atoms with Crippen LogP contribution in [0.1, 0.15) is 40.5 Å². The lowest BCUT2D eigenvalue weighted by molar-refractivity contribution is 0.0707. The molecule has 0 saturated carbocycles. The highest BCUT2D eigenvalue weighted by molar-refractivity contribution is 5.99. The van der Waals surface area contributed by atoms with Crippen LogP contribution in [0.4, 0.5) is 11.6 Å². The molecule has 0 radical (unpaired) electrons. The highest BCUT2D eigenvalue weighted by Crippen LogP contribution is 2.30. The van der Waals surface area contributed by atoms with Crippen molar-refractivity contribution in [2.24, 2.45) is 0 Å². The Morgan fingerprint density at radius 1 is 1.12 bits per heavy atom. The first-order valence-electron chi connectivity index (χ1n) is 11.2. The molecule has 7 nitrogen and oxygen atoms in total. The Labute approximate surface area is 192 Å². The normalized spacial score (nSPS) is 14.4. The first kappa shape index (κ1) is 21.0. The molecule has 33 heavy (non-hydrogen) atoms. The fourth-order valence-corrected chi connectivity index (χ4v) is 4.46. The number of nitrogens with one attached hydrogen (secondary N) is 2. The van der Waals surface area contributed by atoms with E-state index in [1.165, 1.54) is 0 Å². The van der Waals surface area contributed by atoms with E-state index in [1.807, 2.05) is 60.4 Å². The van der Waals surface area contributed by atoms with Crippen LogP contribution in [0.15, 0.2) is 60.8 Å². The number of H-pyrrole nitrogens is 1. The number of hydrogen-bond acceptors (Lipinski definition) is 5. The van der Waals surface area contributed by atoms with Crippen LogP contribution in [0.2, 0.25) is 0 Å². The number of piperidine rings is 1. The van der Waals surface area contributed by atoms with Gasteiger partial charge in [-0.05, 0) is 61.7 Å². The molecule has 1 aromatic carbocycles. The van der Waals surface area contributed by atoms with Crippen LogP contribution in [0, 0.1) is 6.92 Å². The maximum atomic E-state index is 13.1. The third kappa shape index (κ3) is 4.26. The molecule has 1 fully saturated rings. The number of nitrogens with zero attached hydrogens (tertiary/aromatic N) is 3. The average Bonchev–Trinajstić information content (AvgIpc) is 3.30. The Hall–Kier alpha value is -3.87. The summed E-state index contributed by atoms with van der Waals surface area (Å²) >= 11 is 0. The number of amides is 1. The second-order valence-electron chi connectivity index (χ2n) is 8.41. The van der Waals surface area contributed by atoms with Gasteiger partial charge in [0.15, 0.2) is 0 Å². The quantitative estimate of drug-likeness (QED) is 0.453. The number of rotatable bonds is 5. The van der Waals surface area contributed by atoms with E-state index >= 15 is 0 Å². The van der Waals surface area contributed by atoms with E-state index in [9.17, 15) is 4.79 Å². The van der Waals surface area contributed by atoms with Gasteiger partial charge in [0.25, 0.3) is 5.91 Å². The third-order valence-electron chi connectivity index (χ3n) is 6.30. The second-order valence-corrected chi connectivity index (χ2v) is 8.41. The fraction of sp³-hybridized carbons (Fsp3) is 0.269. The van der Waals surface area contributed by atoms with Crippen LogP contribution in [-0.2, 0) is 0 Å². The van der Waals surface area contributed by atoms with Crippen LogP contribution in [0.25, 0.3) is 10.9 Å². The number of aromatic nitrogens is 3. The molecule has 0 spiro atoms. The van der Waals surface area contributed by atoms with Crippen LogP contribution in [0.3, 0.4) is 0 Å². The summed E-state index contributed by atoms with van der Waals surface area (Å²) in [4.78, 5) is 27.5. The van der Waals surface area contributed by atoms with Crippen LogP contribution >= 0.6 is 0 Å². The lowest BCUT2D eigenvalue weighted by atomic mass is 9.93. The summed E-state index contributed by atoms with van der Waals surface area (Å²) in [5.41, 5.74) is 3.63. The molecule has 1 amide bonds. The van der Waals surface area contributed by atoms with Gasteiger partial charge in [-0.3, -0.25) is 4.79 Å². The van der Waals surface area contributed by atoms with Gasteiger partial charge in [-0.1, -0.05) is 18.2 Å². The van der Waals surface area contributed by atoms with Crippen molar-refractivity contribution in [3.8, 4) is 5.75 Å². The Bertz CT molecular complexity index is 1290. The molecule has 168 valence electrons. The van der Waals surface area contributed by atoms with Crippen molar-refractivity contribution in [1.82, 2.24) is 19.9 Å². The molecule has 1 aliphatic rings. The van der Waals surface area contributed by atoms with E-state index in [0.717, 1.165) is 52.4 Å². The van der Waals surface area contributed by atoms with E-state index in [-0.39, 0.29) is 5.91 Å². The zero-order valence-corrected chi connectivity index (χ0v) is 18.8. The first-order chi connectivity index (χ1) is 16.1. The van der Waals surface area contributed by atoms with Gasteiger partial charge in [0.2, 0.25) is 0 Å². The number of benzene rings is 1. The van der Waals surface area contributed by atoms with Crippen LogP contribution in [-0.4, -0.2) is 46.0 Å². The molecule has 0 aliphatic carbocycles. The van der Waals surface area contributed by atoms with Gasteiger partial charge in [-0.25, -0.2) is 9.97 Å². The predicted molar refractivity (Wildman–Crippen MR) is 129 cm³/mol. The molecular weight excluding hydrogens is 414 g/mol. The van der Waals surface area contributed by atoms with Gasteiger partial charge in [-0.15, -0.1) is 0 Å². The summed E-state index contributed by atoms with van der Waals surface area (Å²) in [5, 5.41) is 4.25. The van der Waals surface area contributed by atoms with Crippen molar-refractivity contribution in [2.45, 2.75) is 25.7 Å². The van der Waals surface area contributed by atoms with E-state index in [4.69, 9.17) is 9.72 Å². The van der Waals surface area contributed by atoms with Crippen LogP contribution < -0.4 is 10.1 Å². The van der Waals surface area contributed by atoms with Crippen molar-refractivity contribution < 1.29 is 9.53 Å². The number of aryl methyl sites for hydroxylation is 1. The molecule has 0 bridgehead atoms. The number of anilines is 2. The molecule has 4 aromatic rings. The number of hydrogen-bond donors (Lipinski definition) is 2. The number of ether oxygens (including phenoxy) is 1. The van der Waals surface area contributed by atoms with Crippen molar-refractivity contribution in [1.29, 1.82) is 0 Å². The first-order valence-corrected chi connectivity index (χ1v) is 11.2. The SMILES string of the molecule is COc1cccc2[nH]c(C(=O)N3CCC(c4cccc(Nc5ncccc5C)n4)CC3)cc12. The molecule has 2 N–H and O–H groups in total. The number of pyridine rings is 2. The molecule has 5 rings (SSSR count). The minimum Gasteiger partial charge on any atom is -0.496 e. The minimum atomic E-state index is 0.0284. The number of carbonyl (C=O) groups excluding carboxylic acids is 1. The predicted octanol–water partition coefficient (Wildman–Crippen LogP) is 5.04. The zero-order chi connectivity index (χ0) is 22.8. The summed E-state index contributed by atoms with van der Waals surface area (Å²) in [5.74, 6) is 2.73. The van der Waals surface area contributed by atoms with Crippen molar-refractivity contribution in [3.63, 3.8) is 0 Å². The largest absolute Gasteiger partial charge is 0.496 e. The fourth-order valence-electron chi connectivity index (χ4n) is 4.46. The topological polar surface area (TPSA) is 83.1 Å². The summed E-state index contributed by atoms with van der Waals surface area (Å²) in [6.45, 7) is 3.43. The molecule has 7 heteroatoms. The number of likely N-dealkylation sites (tertiary alicyclic amines) is 1.